The van der Waals surface area contributed by atoms with E-state index in [1.165, 1.54) is 21.7 Å². The average molecular weight is 450 g/mol. The van der Waals surface area contributed by atoms with Gasteiger partial charge in [-0.15, -0.1) is 11.3 Å². The van der Waals surface area contributed by atoms with Gasteiger partial charge >= 0.3 is 0 Å². The van der Waals surface area contributed by atoms with E-state index >= 15 is 0 Å². The zero-order valence-electron chi connectivity index (χ0n) is 17.4. The molecule has 3 aromatic rings. The Hall–Kier alpha value is -2.23. The molecule has 9 heteroatoms. The third-order valence-electron chi connectivity index (χ3n) is 5.62. The minimum absolute atomic E-state index is 0.291. The topological polar surface area (TPSA) is 66.7 Å². The molecule has 1 aliphatic rings. The first-order chi connectivity index (χ1) is 14.2. The highest BCUT2D eigenvalue weighted by Gasteiger charge is 2.35. The molecule has 30 heavy (non-hydrogen) atoms. The lowest BCUT2D eigenvalue weighted by Crippen LogP contribution is -2.49. The predicted molar refractivity (Wildman–Crippen MR) is 116 cm³/mol. The van der Waals surface area contributed by atoms with Gasteiger partial charge in [0.1, 0.15) is 10.7 Å². The SMILES string of the molecule is Cc1noc(-c2c(C)sc(C)c2S(=O)(=O)N2CCN(c3ccccc3F)CC2)c1C. The molecule has 3 heterocycles. The highest BCUT2D eigenvalue weighted by atomic mass is 32.2. The van der Waals surface area contributed by atoms with Crippen LogP contribution in [-0.2, 0) is 10.0 Å². The van der Waals surface area contributed by atoms with E-state index in [-0.39, 0.29) is 5.82 Å². The van der Waals surface area contributed by atoms with Crippen LogP contribution in [0.5, 0.6) is 0 Å². The first-order valence-corrected chi connectivity index (χ1v) is 12.0. The molecular formula is C21H24FN3O3S2. The van der Waals surface area contributed by atoms with Crippen molar-refractivity contribution in [1.82, 2.24) is 9.46 Å². The number of aryl methyl sites for hydroxylation is 3. The summed E-state index contributed by atoms with van der Waals surface area (Å²) in [6, 6.07) is 6.58. The van der Waals surface area contributed by atoms with E-state index in [0.717, 1.165) is 21.0 Å². The fraction of sp³-hybridized carbons (Fsp3) is 0.381. The Morgan fingerprint density at radius 2 is 1.70 bits per heavy atom. The minimum Gasteiger partial charge on any atom is -0.367 e. The minimum atomic E-state index is -3.74. The fourth-order valence-corrected chi connectivity index (χ4v) is 7.12. The van der Waals surface area contributed by atoms with Gasteiger partial charge in [0, 0.05) is 41.5 Å². The highest BCUT2D eigenvalue weighted by Crippen LogP contribution is 2.42. The van der Waals surface area contributed by atoms with Crippen molar-refractivity contribution in [2.45, 2.75) is 32.6 Å². The number of hydrogen-bond donors (Lipinski definition) is 0. The van der Waals surface area contributed by atoms with Crippen molar-refractivity contribution in [3.05, 3.63) is 51.1 Å². The fourth-order valence-electron chi connectivity index (χ4n) is 3.89. The number of anilines is 1. The summed E-state index contributed by atoms with van der Waals surface area (Å²) in [7, 11) is -3.74. The van der Waals surface area contributed by atoms with Crippen molar-refractivity contribution >= 4 is 27.0 Å². The number of para-hydroxylation sites is 1. The van der Waals surface area contributed by atoms with Crippen LogP contribution in [0.25, 0.3) is 11.3 Å². The van der Waals surface area contributed by atoms with E-state index in [2.05, 4.69) is 5.16 Å². The Balaban J connectivity index is 1.66. The molecule has 1 aliphatic heterocycles. The van der Waals surface area contributed by atoms with Crippen molar-refractivity contribution in [1.29, 1.82) is 0 Å². The van der Waals surface area contributed by atoms with Gasteiger partial charge in [-0.25, -0.2) is 12.8 Å². The standard InChI is InChI=1S/C21H24FN3O3S2/c1-13-14(2)23-28-20(13)19-15(3)29-16(4)21(19)30(26,27)25-11-9-24(10-12-25)18-8-6-5-7-17(18)22/h5-8H,9-12H2,1-4H3. The van der Waals surface area contributed by atoms with Crippen LogP contribution in [0.1, 0.15) is 21.0 Å². The van der Waals surface area contributed by atoms with Crippen LogP contribution in [0.4, 0.5) is 10.1 Å². The Bertz CT molecular complexity index is 1190. The third kappa shape index (κ3) is 3.44. The molecule has 4 rings (SSSR count). The first kappa shape index (κ1) is 21.0. The maximum absolute atomic E-state index is 14.1. The second-order valence-corrected chi connectivity index (χ2v) is 10.8. The maximum atomic E-state index is 14.1. The number of nitrogens with zero attached hydrogens (tertiary/aromatic N) is 3. The Kier molecular flexibility index (Phi) is 5.46. The summed E-state index contributed by atoms with van der Waals surface area (Å²) in [6.07, 6.45) is 0. The molecule has 0 spiro atoms. The van der Waals surface area contributed by atoms with Gasteiger partial charge in [-0.3, -0.25) is 0 Å². The lowest BCUT2D eigenvalue weighted by Gasteiger charge is -2.35. The van der Waals surface area contributed by atoms with Crippen molar-refractivity contribution in [2.24, 2.45) is 0 Å². The lowest BCUT2D eigenvalue weighted by molar-refractivity contribution is 0.382. The zero-order valence-corrected chi connectivity index (χ0v) is 19.0. The van der Waals surface area contributed by atoms with E-state index in [1.807, 2.05) is 32.6 Å². The summed E-state index contributed by atoms with van der Waals surface area (Å²) >= 11 is 1.45. The second-order valence-electron chi connectivity index (χ2n) is 7.48. The third-order valence-corrected chi connectivity index (χ3v) is 8.84. The predicted octanol–water partition coefficient (Wildman–Crippen LogP) is 4.29. The molecule has 0 aliphatic carbocycles. The van der Waals surface area contributed by atoms with E-state index in [9.17, 15) is 12.8 Å². The summed E-state index contributed by atoms with van der Waals surface area (Å²) < 4.78 is 48.4. The molecule has 0 saturated carbocycles. The van der Waals surface area contributed by atoms with Gasteiger partial charge in [-0.05, 0) is 39.8 Å². The molecule has 2 aromatic heterocycles. The summed E-state index contributed by atoms with van der Waals surface area (Å²) in [6.45, 7) is 8.89. The molecule has 0 N–H and O–H groups in total. The second kappa shape index (κ2) is 7.79. The van der Waals surface area contributed by atoms with Gasteiger partial charge in [0.2, 0.25) is 10.0 Å². The molecule has 1 saturated heterocycles. The monoisotopic (exact) mass is 449 g/mol. The average Bonchev–Trinajstić information content (AvgIpc) is 3.20. The lowest BCUT2D eigenvalue weighted by atomic mass is 10.1. The number of halogens is 1. The Morgan fingerprint density at radius 1 is 1.03 bits per heavy atom. The summed E-state index contributed by atoms with van der Waals surface area (Å²) in [5.41, 5.74) is 2.70. The van der Waals surface area contributed by atoms with Crippen LogP contribution in [0.2, 0.25) is 0 Å². The molecule has 0 unspecified atom stereocenters. The molecule has 0 amide bonds. The van der Waals surface area contributed by atoms with E-state index < -0.39 is 10.0 Å². The molecule has 0 radical (unpaired) electrons. The smallest absolute Gasteiger partial charge is 0.245 e. The highest BCUT2D eigenvalue weighted by molar-refractivity contribution is 7.89. The summed E-state index contributed by atoms with van der Waals surface area (Å²) in [4.78, 5) is 3.80. The quantitative estimate of drug-likeness (QED) is 0.595. The number of piperazine rings is 1. The van der Waals surface area contributed by atoms with Gasteiger partial charge < -0.3 is 9.42 Å². The van der Waals surface area contributed by atoms with Crippen LogP contribution in [0.15, 0.2) is 33.7 Å². The Morgan fingerprint density at radius 3 is 2.30 bits per heavy atom. The van der Waals surface area contributed by atoms with Gasteiger partial charge in [0.05, 0.1) is 16.9 Å². The molecule has 0 bridgehead atoms. The van der Waals surface area contributed by atoms with Crippen LogP contribution in [0, 0.1) is 33.5 Å². The van der Waals surface area contributed by atoms with Crippen molar-refractivity contribution in [3.63, 3.8) is 0 Å². The summed E-state index contributed by atoms with van der Waals surface area (Å²) in [5.74, 6) is 0.217. The molecule has 1 aromatic carbocycles. The van der Waals surface area contributed by atoms with E-state index in [0.29, 0.717) is 48.1 Å². The molecular weight excluding hydrogens is 425 g/mol. The van der Waals surface area contributed by atoms with Crippen LogP contribution in [0.3, 0.4) is 0 Å². The largest absolute Gasteiger partial charge is 0.367 e. The molecule has 1 fully saturated rings. The van der Waals surface area contributed by atoms with Gasteiger partial charge in [-0.1, -0.05) is 17.3 Å². The van der Waals surface area contributed by atoms with Crippen LogP contribution in [-0.4, -0.2) is 44.1 Å². The normalized spacial score (nSPS) is 15.7. The van der Waals surface area contributed by atoms with Crippen LogP contribution < -0.4 is 4.90 Å². The zero-order chi connectivity index (χ0) is 21.6. The molecule has 6 nitrogen and oxygen atoms in total. The van der Waals surface area contributed by atoms with Crippen molar-refractivity contribution in [3.8, 4) is 11.3 Å². The van der Waals surface area contributed by atoms with E-state index in [1.54, 1.807) is 18.2 Å². The maximum Gasteiger partial charge on any atom is 0.245 e. The number of sulfonamides is 1. The number of aromatic nitrogens is 1. The number of benzene rings is 1. The van der Waals surface area contributed by atoms with E-state index in [4.69, 9.17) is 4.52 Å². The molecule has 0 atom stereocenters. The Labute approximate surface area is 180 Å². The van der Waals surface area contributed by atoms with Crippen LogP contribution >= 0.6 is 11.3 Å². The number of hydrogen-bond acceptors (Lipinski definition) is 6. The number of rotatable bonds is 4. The van der Waals surface area contributed by atoms with Gasteiger partial charge in [0.25, 0.3) is 0 Å². The van der Waals surface area contributed by atoms with Crippen molar-refractivity contribution in [2.75, 3.05) is 31.1 Å². The summed E-state index contributed by atoms with van der Waals surface area (Å²) in [5, 5.41) is 4.01. The molecule has 160 valence electrons. The van der Waals surface area contributed by atoms with Gasteiger partial charge in [0.15, 0.2) is 5.76 Å². The number of thiophene rings is 1. The van der Waals surface area contributed by atoms with Crippen molar-refractivity contribution < 1.29 is 17.3 Å². The van der Waals surface area contributed by atoms with Gasteiger partial charge in [-0.2, -0.15) is 4.31 Å². The first-order valence-electron chi connectivity index (χ1n) is 9.74.